The van der Waals surface area contributed by atoms with Crippen LogP contribution in [0.25, 0.3) is 16.3 Å². The van der Waals surface area contributed by atoms with Crippen LogP contribution in [0.2, 0.25) is 0 Å². The SMILES string of the molecule is COCCOC[C@H]1CN(c2ccc3cc(C4=C(C(F)(F)F)C=CCC4)[nH]c(=O)c3c2)C(=O)O1. The Morgan fingerprint density at radius 1 is 1.21 bits per heavy atom. The van der Waals surface area contributed by atoms with Crippen LogP contribution in [0.1, 0.15) is 18.5 Å². The number of methoxy groups -OCH3 is 1. The number of anilines is 1. The second kappa shape index (κ2) is 9.40. The Morgan fingerprint density at radius 2 is 2.03 bits per heavy atom. The van der Waals surface area contributed by atoms with Crippen LogP contribution in [0.5, 0.6) is 0 Å². The van der Waals surface area contributed by atoms with Gasteiger partial charge in [0.05, 0.1) is 31.9 Å². The van der Waals surface area contributed by atoms with Gasteiger partial charge >= 0.3 is 12.3 Å². The van der Waals surface area contributed by atoms with Crippen LogP contribution < -0.4 is 10.5 Å². The number of hydrogen-bond donors (Lipinski definition) is 1. The van der Waals surface area contributed by atoms with Gasteiger partial charge in [-0.25, -0.2) is 4.79 Å². The molecule has 1 N–H and O–H groups in total. The molecule has 1 fully saturated rings. The smallest absolute Gasteiger partial charge is 0.416 e. The number of carbonyl (C=O) groups excluding carboxylic acids is 1. The van der Waals surface area contributed by atoms with E-state index >= 15 is 0 Å². The number of halogens is 3. The Kier molecular flexibility index (Phi) is 6.57. The molecule has 1 aliphatic heterocycles. The number of rotatable bonds is 7. The minimum atomic E-state index is -4.51. The molecule has 0 radical (unpaired) electrons. The van der Waals surface area contributed by atoms with Gasteiger partial charge in [-0.15, -0.1) is 0 Å². The number of carbonyl (C=O) groups is 1. The lowest BCUT2D eigenvalue weighted by Crippen LogP contribution is -2.26. The van der Waals surface area contributed by atoms with E-state index < -0.39 is 29.5 Å². The van der Waals surface area contributed by atoms with Gasteiger partial charge in [-0.2, -0.15) is 13.2 Å². The number of fused-ring (bicyclic) bond motifs is 1. The number of amides is 1. The van der Waals surface area contributed by atoms with Crippen LogP contribution in [-0.2, 0) is 14.2 Å². The van der Waals surface area contributed by atoms with Crippen molar-refractivity contribution >= 4 is 28.1 Å². The Bertz CT molecular complexity index is 1170. The monoisotopic (exact) mass is 464 g/mol. The van der Waals surface area contributed by atoms with Crippen molar-refractivity contribution in [2.24, 2.45) is 0 Å². The minimum absolute atomic E-state index is 0.0625. The lowest BCUT2D eigenvalue weighted by Gasteiger charge is -2.19. The van der Waals surface area contributed by atoms with E-state index in [9.17, 15) is 22.8 Å². The zero-order chi connectivity index (χ0) is 23.6. The number of nitrogens with one attached hydrogen (secondary N) is 1. The molecular formula is C23H23F3N2O5. The zero-order valence-corrected chi connectivity index (χ0v) is 17.9. The fraction of sp³-hybridized carbons (Fsp3) is 0.391. The third kappa shape index (κ3) is 4.96. The van der Waals surface area contributed by atoms with Crippen LogP contribution in [0.4, 0.5) is 23.7 Å². The fourth-order valence-electron chi connectivity index (χ4n) is 3.96. The average Bonchev–Trinajstić information content (AvgIpc) is 3.16. The van der Waals surface area contributed by atoms with Gasteiger partial charge in [0, 0.05) is 23.9 Å². The highest BCUT2D eigenvalue weighted by Crippen LogP contribution is 2.38. The fourth-order valence-corrected chi connectivity index (χ4v) is 3.96. The van der Waals surface area contributed by atoms with E-state index in [2.05, 4.69) is 4.98 Å². The number of H-pyrrole nitrogens is 1. The number of allylic oxidation sites excluding steroid dienone is 4. The van der Waals surface area contributed by atoms with Crippen LogP contribution in [0.15, 0.2) is 46.8 Å². The van der Waals surface area contributed by atoms with Gasteiger partial charge in [-0.1, -0.05) is 18.2 Å². The van der Waals surface area contributed by atoms with Crippen molar-refractivity contribution in [3.63, 3.8) is 0 Å². The van der Waals surface area contributed by atoms with E-state index in [1.807, 2.05) is 0 Å². The highest BCUT2D eigenvalue weighted by molar-refractivity contribution is 5.94. The molecule has 0 saturated carbocycles. The molecule has 2 heterocycles. The molecule has 10 heteroatoms. The molecule has 4 rings (SSSR count). The number of aromatic nitrogens is 1. The molecule has 33 heavy (non-hydrogen) atoms. The van der Waals surface area contributed by atoms with Crippen molar-refractivity contribution in [2.75, 3.05) is 38.4 Å². The molecule has 1 atom stereocenters. The number of nitrogens with zero attached hydrogens (tertiary/aromatic N) is 1. The van der Waals surface area contributed by atoms with E-state index in [1.54, 1.807) is 19.2 Å². The molecule has 0 bridgehead atoms. The molecule has 176 valence electrons. The number of alkyl halides is 3. The third-order valence-corrected chi connectivity index (χ3v) is 5.55. The summed E-state index contributed by atoms with van der Waals surface area (Å²) in [4.78, 5) is 29.1. The number of aromatic amines is 1. The van der Waals surface area contributed by atoms with Gasteiger partial charge in [0.2, 0.25) is 0 Å². The summed E-state index contributed by atoms with van der Waals surface area (Å²) >= 11 is 0. The van der Waals surface area contributed by atoms with Crippen LogP contribution in [0, 0.1) is 0 Å². The molecule has 1 saturated heterocycles. The molecule has 0 unspecified atom stereocenters. The van der Waals surface area contributed by atoms with Crippen molar-refractivity contribution in [3.05, 3.63) is 58.0 Å². The predicted molar refractivity (Wildman–Crippen MR) is 116 cm³/mol. The number of benzene rings is 1. The maximum absolute atomic E-state index is 13.4. The number of ether oxygens (including phenoxy) is 3. The molecule has 1 aromatic carbocycles. The molecular weight excluding hydrogens is 441 g/mol. The van der Waals surface area contributed by atoms with E-state index in [1.165, 1.54) is 23.1 Å². The largest absolute Gasteiger partial charge is 0.441 e. The van der Waals surface area contributed by atoms with Crippen LogP contribution in [0.3, 0.4) is 0 Å². The van der Waals surface area contributed by atoms with Crippen molar-refractivity contribution < 1.29 is 32.2 Å². The van der Waals surface area contributed by atoms with E-state index in [0.29, 0.717) is 30.7 Å². The minimum Gasteiger partial charge on any atom is -0.441 e. The first-order valence-electron chi connectivity index (χ1n) is 10.5. The Hall–Kier alpha value is -3.11. The second-order valence-corrected chi connectivity index (χ2v) is 7.80. The third-order valence-electron chi connectivity index (χ3n) is 5.55. The highest BCUT2D eigenvalue weighted by atomic mass is 19.4. The molecule has 7 nitrogen and oxygen atoms in total. The average molecular weight is 464 g/mol. The van der Waals surface area contributed by atoms with Crippen molar-refractivity contribution in [2.45, 2.75) is 25.1 Å². The highest BCUT2D eigenvalue weighted by Gasteiger charge is 2.36. The predicted octanol–water partition coefficient (Wildman–Crippen LogP) is 4.18. The summed E-state index contributed by atoms with van der Waals surface area (Å²) in [6, 6.07) is 6.33. The molecule has 0 spiro atoms. The summed E-state index contributed by atoms with van der Waals surface area (Å²) in [5, 5.41) is 0.748. The quantitative estimate of drug-likeness (QED) is 0.622. The van der Waals surface area contributed by atoms with E-state index in [-0.39, 0.29) is 36.2 Å². The maximum Gasteiger partial charge on any atom is 0.416 e. The molecule has 2 aromatic rings. The van der Waals surface area contributed by atoms with Crippen molar-refractivity contribution in [1.82, 2.24) is 4.98 Å². The summed E-state index contributed by atoms with van der Waals surface area (Å²) in [7, 11) is 1.56. The van der Waals surface area contributed by atoms with Gasteiger partial charge in [0.1, 0.15) is 6.10 Å². The zero-order valence-electron chi connectivity index (χ0n) is 17.9. The van der Waals surface area contributed by atoms with Gasteiger partial charge in [-0.3, -0.25) is 9.69 Å². The van der Waals surface area contributed by atoms with Crippen LogP contribution >= 0.6 is 0 Å². The first-order chi connectivity index (χ1) is 15.8. The number of hydrogen-bond acceptors (Lipinski definition) is 5. The Labute approximate surface area is 187 Å². The van der Waals surface area contributed by atoms with Gasteiger partial charge in [-0.05, 0) is 42.0 Å². The Morgan fingerprint density at radius 3 is 2.79 bits per heavy atom. The van der Waals surface area contributed by atoms with E-state index in [0.717, 1.165) is 6.08 Å². The van der Waals surface area contributed by atoms with Gasteiger partial charge < -0.3 is 19.2 Å². The maximum atomic E-state index is 13.4. The normalized spacial score (nSPS) is 19.0. The van der Waals surface area contributed by atoms with E-state index in [4.69, 9.17) is 14.2 Å². The van der Waals surface area contributed by atoms with Gasteiger partial charge in [0.15, 0.2) is 0 Å². The second-order valence-electron chi connectivity index (χ2n) is 7.80. The molecule has 1 aromatic heterocycles. The van der Waals surface area contributed by atoms with Crippen molar-refractivity contribution in [3.8, 4) is 0 Å². The van der Waals surface area contributed by atoms with Crippen molar-refractivity contribution in [1.29, 1.82) is 0 Å². The Balaban J connectivity index is 1.60. The topological polar surface area (TPSA) is 80.9 Å². The standard InChI is InChI=1S/C23H23F3N2O5/c1-31-8-9-32-13-16-12-28(22(30)33-16)15-7-6-14-10-20(27-21(29)18(14)11-15)17-4-2-3-5-19(17)23(24,25)26/h3,5-7,10-11,16H,2,4,8-9,12-13H2,1H3,(H,27,29)/t16-/m1/s1. The summed E-state index contributed by atoms with van der Waals surface area (Å²) in [6.07, 6.45) is -2.36. The molecule has 2 aliphatic rings. The first-order valence-corrected chi connectivity index (χ1v) is 10.5. The summed E-state index contributed by atoms with van der Waals surface area (Å²) in [5.41, 5.74) is -0.613. The lowest BCUT2D eigenvalue weighted by molar-refractivity contribution is -0.0879. The summed E-state index contributed by atoms with van der Waals surface area (Å²) in [6.45, 7) is 1.27. The first kappa shape index (κ1) is 23.1. The summed E-state index contributed by atoms with van der Waals surface area (Å²) < 4.78 is 55.9. The summed E-state index contributed by atoms with van der Waals surface area (Å²) in [5.74, 6) is 0. The van der Waals surface area contributed by atoms with Crippen LogP contribution in [-0.4, -0.2) is 56.8 Å². The number of pyridine rings is 1. The lowest BCUT2D eigenvalue weighted by atomic mass is 9.93. The molecule has 1 amide bonds. The molecule has 1 aliphatic carbocycles. The van der Waals surface area contributed by atoms with Gasteiger partial charge in [0.25, 0.3) is 5.56 Å². The number of cyclic esters (lactones) is 1.